The highest BCUT2D eigenvalue weighted by Crippen LogP contribution is 2.31. The molecule has 3 heteroatoms. The molecule has 2 N–H and O–H groups in total. The number of methoxy groups -OCH3 is 1. The summed E-state index contributed by atoms with van der Waals surface area (Å²) in [6.07, 6.45) is 1.03. The minimum Gasteiger partial charge on any atom is -0.496 e. The molecule has 76 valence electrons. The molecule has 3 nitrogen and oxygen atoms in total. The second-order valence-electron chi connectivity index (χ2n) is 3.80. The van der Waals surface area contributed by atoms with Crippen LogP contribution < -0.4 is 10.5 Å². The van der Waals surface area contributed by atoms with Gasteiger partial charge in [-0.3, -0.25) is 0 Å². The summed E-state index contributed by atoms with van der Waals surface area (Å²) in [4.78, 5) is 2.28. The van der Waals surface area contributed by atoms with E-state index >= 15 is 0 Å². The van der Waals surface area contributed by atoms with Crippen LogP contribution in [0.1, 0.15) is 11.1 Å². The van der Waals surface area contributed by atoms with Crippen LogP contribution in [0.15, 0.2) is 12.1 Å². The summed E-state index contributed by atoms with van der Waals surface area (Å²) < 4.78 is 5.33. The number of nitrogen functional groups attached to an aromatic ring is 1. The third-order valence-electron chi connectivity index (χ3n) is 2.82. The first-order valence-corrected chi connectivity index (χ1v) is 4.85. The highest BCUT2D eigenvalue weighted by molar-refractivity contribution is 5.57. The summed E-state index contributed by atoms with van der Waals surface area (Å²) in [6, 6.07) is 3.89. The fraction of sp³-hybridized carbons (Fsp3) is 0.455. The van der Waals surface area contributed by atoms with Crippen molar-refractivity contribution in [1.82, 2.24) is 4.90 Å². The fourth-order valence-corrected chi connectivity index (χ4v) is 1.99. The lowest BCUT2D eigenvalue weighted by Crippen LogP contribution is -2.27. The predicted molar refractivity (Wildman–Crippen MR) is 57.4 cm³/mol. The topological polar surface area (TPSA) is 38.5 Å². The summed E-state index contributed by atoms with van der Waals surface area (Å²) in [5.41, 5.74) is 9.34. The number of nitrogens with two attached hydrogens (primary N) is 1. The molecule has 0 unspecified atom stereocenters. The first kappa shape index (κ1) is 9.34. The van der Waals surface area contributed by atoms with Crippen molar-refractivity contribution in [2.24, 2.45) is 0 Å². The molecule has 1 heterocycles. The second-order valence-corrected chi connectivity index (χ2v) is 3.80. The molecule has 0 saturated heterocycles. The number of fused-ring (bicyclic) bond motifs is 1. The first-order valence-electron chi connectivity index (χ1n) is 4.85. The van der Waals surface area contributed by atoms with E-state index in [9.17, 15) is 0 Å². The molecule has 2 rings (SSSR count). The normalized spacial score (nSPS) is 16.4. The van der Waals surface area contributed by atoms with Gasteiger partial charge < -0.3 is 15.4 Å². The monoisotopic (exact) mass is 192 g/mol. The van der Waals surface area contributed by atoms with Crippen molar-refractivity contribution in [1.29, 1.82) is 0 Å². The third-order valence-corrected chi connectivity index (χ3v) is 2.82. The molecule has 1 aliphatic heterocycles. The summed E-state index contributed by atoms with van der Waals surface area (Å²) >= 11 is 0. The Bertz CT molecular complexity index is 349. The van der Waals surface area contributed by atoms with Gasteiger partial charge in [0.15, 0.2) is 0 Å². The van der Waals surface area contributed by atoms with Crippen LogP contribution >= 0.6 is 0 Å². The highest BCUT2D eigenvalue weighted by atomic mass is 16.5. The second kappa shape index (κ2) is 3.50. The van der Waals surface area contributed by atoms with Gasteiger partial charge in [0.2, 0.25) is 0 Å². The van der Waals surface area contributed by atoms with Crippen molar-refractivity contribution in [2.75, 3.05) is 26.4 Å². The molecule has 0 fully saturated rings. The maximum atomic E-state index is 5.94. The van der Waals surface area contributed by atoms with E-state index in [1.165, 1.54) is 11.1 Å². The quantitative estimate of drug-likeness (QED) is 0.681. The smallest absolute Gasteiger partial charge is 0.122 e. The number of likely N-dealkylation sites (N-methyl/N-ethyl adjacent to an activating group) is 1. The standard InChI is InChI=1S/C11H16N2O/c1-13-6-5-8-9(7-13)10(12)3-4-11(8)14-2/h3-4H,5-7,12H2,1-2H3. The van der Waals surface area contributed by atoms with E-state index in [4.69, 9.17) is 10.5 Å². The molecule has 1 aliphatic rings. The summed E-state index contributed by atoms with van der Waals surface area (Å²) in [7, 11) is 3.83. The Morgan fingerprint density at radius 2 is 2.14 bits per heavy atom. The SMILES string of the molecule is COc1ccc(N)c2c1CCN(C)C2. The van der Waals surface area contributed by atoms with Gasteiger partial charge in [0, 0.05) is 24.3 Å². The number of hydrogen-bond acceptors (Lipinski definition) is 3. The van der Waals surface area contributed by atoms with Gasteiger partial charge in [0.05, 0.1) is 7.11 Å². The average molecular weight is 192 g/mol. The van der Waals surface area contributed by atoms with Gasteiger partial charge in [-0.05, 0) is 31.2 Å². The van der Waals surface area contributed by atoms with Crippen LogP contribution in [0, 0.1) is 0 Å². The van der Waals surface area contributed by atoms with Crippen LogP contribution in [0.3, 0.4) is 0 Å². The zero-order valence-corrected chi connectivity index (χ0v) is 8.71. The molecule has 0 aliphatic carbocycles. The lowest BCUT2D eigenvalue weighted by atomic mass is 9.97. The van der Waals surface area contributed by atoms with Gasteiger partial charge in [-0.2, -0.15) is 0 Å². The van der Waals surface area contributed by atoms with E-state index in [0.717, 1.165) is 30.9 Å². The molecule has 0 bridgehead atoms. The molecule has 1 aromatic carbocycles. The molecular weight excluding hydrogens is 176 g/mol. The van der Waals surface area contributed by atoms with Crippen molar-refractivity contribution in [3.63, 3.8) is 0 Å². The molecular formula is C11H16N2O. The number of ether oxygens (including phenoxy) is 1. The molecule has 0 saturated carbocycles. The third kappa shape index (κ3) is 1.44. The Morgan fingerprint density at radius 1 is 1.36 bits per heavy atom. The lowest BCUT2D eigenvalue weighted by Gasteiger charge is -2.27. The first-order chi connectivity index (χ1) is 6.72. The molecule has 0 atom stereocenters. The molecule has 14 heavy (non-hydrogen) atoms. The van der Waals surface area contributed by atoms with E-state index < -0.39 is 0 Å². The van der Waals surface area contributed by atoms with Gasteiger partial charge in [0.1, 0.15) is 5.75 Å². The Labute approximate surface area is 84.5 Å². The minimum absolute atomic E-state index is 0.882. The van der Waals surface area contributed by atoms with E-state index in [2.05, 4.69) is 11.9 Å². The van der Waals surface area contributed by atoms with Crippen molar-refractivity contribution < 1.29 is 4.74 Å². The number of benzene rings is 1. The molecule has 1 aromatic rings. The summed E-state index contributed by atoms with van der Waals surface area (Å²) in [6.45, 7) is 2.01. The molecule has 0 amide bonds. The molecule has 0 aromatic heterocycles. The van der Waals surface area contributed by atoms with Crippen LogP contribution in [0.25, 0.3) is 0 Å². The zero-order valence-electron chi connectivity index (χ0n) is 8.71. The van der Waals surface area contributed by atoms with E-state index in [1.54, 1.807) is 7.11 Å². The Morgan fingerprint density at radius 3 is 2.86 bits per heavy atom. The van der Waals surface area contributed by atoms with Gasteiger partial charge in [-0.1, -0.05) is 0 Å². The van der Waals surface area contributed by atoms with E-state index in [1.807, 2.05) is 12.1 Å². The van der Waals surface area contributed by atoms with Crippen molar-refractivity contribution in [2.45, 2.75) is 13.0 Å². The van der Waals surface area contributed by atoms with Gasteiger partial charge in [-0.25, -0.2) is 0 Å². The lowest BCUT2D eigenvalue weighted by molar-refractivity contribution is 0.307. The van der Waals surface area contributed by atoms with Crippen LogP contribution in [0.5, 0.6) is 5.75 Å². The van der Waals surface area contributed by atoms with Crippen molar-refractivity contribution in [3.8, 4) is 5.75 Å². The number of nitrogens with zero attached hydrogens (tertiary/aromatic N) is 1. The highest BCUT2D eigenvalue weighted by Gasteiger charge is 2.18. The Balaban J connectivity index is 2.49. The fourth-order valence-electron chi connectivity index (χ4n) is 1.99. The van der Waals surface area contributed by atoms with Crippen LogP contribution in [0.2, 0.25) is 0 Å². The molecule has 0 spiro atoms. The average Bonchev–Trinajstić information content (AvgIpc) is 2.19. The molecule has 0 radical (unpaired) electrons. The van der Waals surface area contributed by atoms with Crippen LogP contribution in [-0.2, 0) is 13.0 Å². The van der Waals surface area contributed by atoms with Gasteiger partial charge in [-0.15, -0.1) is 0 Å². The van der Waals surface area contributed by atoms with E-state index in [0.29, 0.717) is 0 Å². The van der Waals surface area contributed by atoms with Crippen molar-refractivity contribution >= 4 is 5.69 Å². The van der Waals surface area contributed by atoms with E-state index in [-0.39, 0.29) is 0 Å². The summed E-state index contributed by atoms with van der Waals surface area (Å²) in [5, 5.41) is 0. The minimum atomic E-state index is 0.882. The van der Waals surface area contributed by atoms with Gasteiger partial charge >= 0.3 is 0 Å². The largest absolute Gasteiger partial charge is 0.496 e. The van der Waals surface area contributed by atoms with Crippen molar-refractivity contribution in [3.05, 3.63) is 23.3 Å². The summed E-state index contributed by atoms with van der Waals surface area (Å²) in [5.74, 6) is 0.974. The maximum Gasteiger partial charge on any atom is 0.122 e. The zero-order chi connectivity index (χ0) is 10.1. The number of rotatable bonds is 1. The number of anilines is 1. The Kier molecular flexibility index (Phi) is 2.33. The van der Waals surface area contributed by atoms with Crippen LogP contribution in [0.4, 0.5) is 5.69 Å². The number of hydrogen-bond donors (Lipinski definition) is 1. The van der Waals surface area contributed by atoms with Gasteiger partial charge in [0.25, 0.3) is 0 Å². The van der Waals surface area contributed by atoms with Crippen LogP contribution in [-0.4, -0.2) is 25.6 Å². The maximum absolute atomic E-state index is 5.94. The predicted octanol–water partition coefficient (Wildman–Crippen LogP) is 1.27. The Hall–Kier alpha value is -1.22.